The van der Waals surface area contributed by atoms with Crippen LogP contribution in [0.1, 0.15) is 31.9 Å². The van der Waals surface area contributed by atoms with E-state index in [-0.39, 0.29) is 5.57 Å². The van der Waals surface area contributed by atoms with Crippen LogP contribution < -0.4 is 9.47 Å². The number of likely N-dealkylation sites (N-methyl/N-ethyl adjacent to an activating group) is 1. The van der Waals surface area contributed by atoms with Gasteiger partial charge in [-0.15, -0.1) is 0 Å². The molecule has 5 heteroatoms. The number of hydrogen-bond acceptors (Lipinski definition) is 4. The van der Waals surface area contributed by atoms with Gasteiger partial charge >= 0.3 is 5.97 Å². The zero-order chi connectivity index (χ0) is 20.4. The largest absolute Gasteiger partial charge is 0.490 e. The molecule has 0 unspecified atom stereocenters. The van der Waals surface area contributed by atoms with Gasteiger partial charge in [-0.1, -0.05) is 50.2 Å². The first kappa shape index (κ1) is 21.5. The number of carboxylic acids is 1. The summed E-state index contributed by atoms with van der Waals surface area (Å²) in [7, 11) is 0. The van der Waals surface area contributed by atoms with Crippen LogP contribution >= 0.6 is 0 Å². The molecule has 0 radical (unpaired) electrons. The summed E-state index contributed by atoms with van der Waals surface area (Å²) >= 11 is 0. The number of aliphatic carboxylic acids is 1. The van der Waals surface area contributed by atoms with Gasteiger partial charge in [-0.2, -0.15) is 0 Å². The fourth-order valence-corrected chi connectivity index (χ4v) is 2.88. The van der Waals surface area contributed by atoms with Crippen LogP contribution in [0.3, 0.4) is 0 Å². The van der Waals surface area contributed by atoms with E-state index in [2.05, 4.69) is 18.7 Å². The summed E-state index contributed by atoms with van der Waals surface area (Å²) in [6, 6.07) is 14.6. The Hall–Kier alpha value is -2.79. The summed E-state index contributed by atoms with van der Waals surface area (Å²) in [5, 5.41) is 9.60. The SMILES string of the molecule is CCOc1cc(/C=C(\C(=O)O)c2ccccc2)ccc1OCCN(CC)CC. The highest BCUT2D eigenvalue weighted by atomic mass is 16.5. The zero-order valence-corrected chi connectivity index (χ0v) is 16.9. The summed E-state index contributed by atoms with van der Waals surface area (Å²) in [4.78, 5) is 14.0. The molecular formula is C23H29NO4. The molecule has 0 spiro atoms. The van der Waals surface area contributed by atoms with Crippen LogP contribution in [0.15, 0.2) is 48.5 Å². The van der Waals surface area contributed by atoms with Gasteiger partial charge in [-0.05, 0) is 49.3 Å². The smallest absolute Gasteiger partial charge is 0.336 e. The van der Waals surface area contributed by atoms with Gasteiger partial charge in [-0.3, -0.25) is 0 Å². The molecule has 0 aliphatic carbocycles. The lowest BCUT2D eigenvalue weighted by Crippen LogP contribution is -2.27. The van der Waals surface area contributed by atoms with Crippen molar-refractivity contribution in [3.63, 3.8) is 0 Å². The van der Waals surface area contributed by atoms with Gasteiger partial charge in [0.1, 0.15) is 6.61 Å². The topological polar surface area (TPSA) is 59.0 Å². The third kappa shape index (κ3) is 6.13. The number of rotatable bonds is 11. The molecule has 0 fully saturated rings. The monoisotopic (exact) mass is 383 g/mol. The lowest BCUT2D eigenvalue weighted by Gasteiger charge is -2.19. The van der Waals surface area contributed by atoms with Crippen LogP contribution in [0, 0.1) is 0 Å². The molecule has 0 aromatic heterocycles. The van der Waals surface area contributed by atoms with Crippen molar-refractivity contribution in [2.75, 3.05) is 32.8 Å². The Kier molecular flexibility index (Phi) is 8.56. The fourth-order valence-electron chi connectivity index (χ4n) is 2.88. The maximum atomic E-state index is 11.7. The molecule has 0 aliphatic heterocycles. The Morgan fingerprint density at radius 1 is 1.00 bits per heavy atom. The van der Waals surface area contributed by atoms with E-state index < -0.39 is 5.97 Å². The van der Waals surface area contributed by atoms with Gasteiger partial charge in [0.2, 0.25) is 0 Å². The number of carboxylic acid groups (broad SMARTS) is 1. The van der Waals surface area contributed by atoms with Crippen LogP contribution in [0.4, 0.5) is 0 Å². The van der Waals surface area contributed by atoms with Crippen molar-refractivity contribution in [1.29, 1.82) is 0 Å². The van der Waals surface area contributed by atoms with Crippen LogP contribution in [-0.2, 0) is 4.79 Å². The number of benzene rings is 2. The Morgan fingerprint density at radius 3 is 2.32 bits per heavy atom. The second kappa shape index (κ2) is 11.1. The van der Waals surface area contributed by atoms with E-state index in [4.69, 9.17) is 9.47 Å². The van der Waals surface area contributed by atoms with Crippen molar-refractivity contribution in [3.8, 4) is 11.5 Å². The highest BCUT2D eigenvalue weighted by Crippen LogP contribution is 2.30. The van der Waals surface area contributed by atoms with E-state index in [1.807, 2.05) is 43.3 Å². The van der Waals surface area contributed by atoms with E-state index in [9.17, 15) is 9.90 Å². The van der Waals surface area contributed by atoms with Crippen LogP contribution in [-0.4, -0.2) is 48.8 Å². The third-order valence-corrected chi connectivity index (χ3v) is 4.45. The molecule has 5 nitrogen and oxygen atoms in total. The van der Waals surface area contributed by atoms with Crippen molar-refractivity contribution < 1.29 is 19.4 Å². The molecular weight excluding hydrogens is 354 g/mol. The number of hydrogen-bond donors (Lipinski definition) is 1. The Balaban J connectivity index is 2.24. The quantitative estimate of drug-likeness (QED) is 0.459. The molecule has 2 aromatic carbocycles. The normalized spacial score (nSPS) is 11.5. The van der Waals surface area contributed by atoms with Crippen molar-refractivity contribution in [3.05, 3.63) is 59.7 Å². The van der Waals surface area contributed by atoms with E-state index in [0.717, 1.165) is 25.2 Å². The molecule has 2 rings (SSSR count). The molecule has 0 saturated heterocycles. The minimum absolute atomic E-state index is 0.234. The van der Waals surface area contributed by atoms with E-state index in [1.165, 1.54) is 0 Å². The van der Waals surface area contributed by atoms with Crippen LogP contribution in [0.2, 0.25) is 0 Å². The standard InChI is InChI=1S/C23H29NO4/c1-4-24(5-2)14-15-28-21-13-12-18(17-22(21)27-6-3)16-20(23(25)26)19-10-8-7-9-11-19/h7-13,16-17H,4-6,14-15H2,1-3H3,(H,25,26)/b20-16-. The first-order valence-electron chi connectivity index (χ1n) is 9.71. The van der Waals surface area contributed by atoms with Crippen molar-refractivity contribution in [1.82, 2.24) is 4.90 Å². The number of ether oxygens (including phenoxy) is 2. The van der Waals surface area contributed by atoms with Crippen LogP contribution in [0.5, 0.6) is 11.5 Å². The molecule has 1 N–H and O–H groups in total. The van der Waals surface area contributed by atoms with E-state index in [1.54, 1.807) is 18.2 Å². The van der Waals surface area contributed by atoms with Crippen molar-refractivity contribution in [2.45, 2.75) is 20.8 Å². The molecule has 150 valence electrons. The maximum absolute atomic E-state index is 11.7. The average molecular weight is 383 g/mol. The Bertz CT molecular complexity index is 782. The highest BCUT2D eigenvalue weighted by molar-refractivity contribution is 6.20. The molecule has 0 atom stereocenters. The molecule has 0 aliphatic rings. The third-order valence-electron chi connectivity index (χ3n) is 4.45. The van der Waals surface area contributed by atoms with E-state index in [0.29, 0.717) is 30.3 Å². The maximum Gasteiger partial charge on any atom is 0.336 e. The Morgan fingerprint density at radius 2 is 1.71 bits per heavy atom. The minimum Gasteiger partial charge on any atom is -0.490 e. The van der Waals surface area contributed by atoms with Crippen molar-refractivity contribution in [2.24, 2.45) is 0 Å². The number of nitrogens with zero attached hydrogens (tertiary/aromatic N) is 1. The van der Waals surface area contributed by atoms with Gasteiger partial charge < -0.3 is 19.5 Å². The first-order valence-corrected chi connectivity index (χ1v) is 9.71. The number of carbonyl (C=O) groups is 1. The predicted molar refractivity (Wildman–Crippen MR) is 113 cm³/mol. The summed E-state index contributed by atoms with van der Waals surface area (Å²) in [6.07, 6.45) is 1.65. The molecule has 0 heterocycles. The summed E-state index contributed by atoms with van der Waals surface area (Å²) in [5.41, 5.74) is 1.64. The second-order valence-electron chi connectivity index (χ2n) is 6.24. The van der Waals surface area contributed by atoms with Crippen LogP contribution in [0.25, 0.3) is 11.6 Å². The van der Waals surface area contributed by atoms with Gasteiger partial charge in [0.15, 0.2) is 11.5 Å². The molecule has 0 amide bonds. The van der Waals surface area contributed by atoms with E-state index >= 15 is 0 Å². The van der Waals surface area contributed by atoms with Crippen molar-refractivity contribution >= 4 is 17.6 Å². The zero-order valence-electron chi connectivity index (χ0n) is 16.9. The summed E-state index contributed by atoms with van der Waals surface area (Å²) < 4.78 is 11.6. The highest BCUT2D eigenvalue weighted by Gasteiger charge is 2.12. The average Bonchev–Trinajstić information content (AvgIpc) is 2.71. The summed E-state index contributed by atoms with van der Waals surface area (Å²) in [6.45, 7) is 10.1. The van der Waals surface area contributed by atoms with Gasteiger partial charge in [-0.25, -0.2) is 4.79 Å². The minimum atomic E-state index is -0.969. The van der Waals surface area contributed by atoms with Gasteiger partial charge in [0, 0.05) is 6.54 Å². The second-order valence-corrected chi connectivity index (χ2v) is 6.24. The molecule has 0 saturated carbocycles. The predicted octanol–water partition coefficient (Wildman–Crippen LogP) is 4.43. The van der Waals surface area contributed by atoms with Gasteiger partial charge in [0.25, 0.3) is 0 Å². The fraction of sp³-hybridized carbons (Fsp3) is 0.348. The molecule has 28 heavy (non-hydrogen) atoms. The summed E-state index contributed by atoms with van der Waals surface area (Å²) in [5.74, 6) is 0.319. The lowest BCUT2D eigenvalue weighted by atomic mass is 10.0. The lowest BCUT2D eigenvalue weighted by molar-refractivity contribution is -0.130. The molecule has 0 bridgehead atoms. The molecule has 2 aromatic rings. The van der Waals surface area contributed by atoms with Gasteiger partial charge in [0.05, 0.1) is 12.2 Å². The Labute approximate surface area is 167 Å². The first-order chi connectivity index (χ1) is 13.6.